The third-order valence-corrected chi connectivity index (χ3v) is 5.66. The highest BCUT2D eigenvalue weighted by atomic mass is 35.5. The molecule has 1 unspecified atom stereocenters. The van der Waals surface area contributed by atoms with Crippen molar-refractivity contribution in [3.8, 4) is 0 Å². The van der Waals surface area contributed by atoms with Gasteiger partial charge < -0.3 is 4.90 Å². The van der Waals surface area contributed by atoms with Gasteiger partial charge in [0.15, 0.2) is 0 Å². The van der Waals surface area contributed by atoms with E-state index in [1.165, 1.54) is 18.5 Å². The normalized spacial score (nSPS) is 13.9. The number of hydrogen-bond acceptors (Lipinski definition) is 4. The van der Waals surface area contributed by atoms with Crippen LogP contribution in [0.2, 0.25) is 5.02 Å². The highest BCUT2D eigenvalue weighted by Gasteiger charge is 2.24. The molecule has 0 saturated carbocycles. The van der Waals surface area contributed by atoms with E-state index >= 15 is 0 Å². The second-order valence-electron chi connectivity index (χ2n) is 5.27. The van der Waals surface area contributed by atoms with Gasteiger partial charge in [-0.3, -0.25) is 4.98 Å². The van der Waals surface area contributed by atoms with Crippen LogP contribution in [0.5, 0.6) is 0 Å². The Morgan fingerprint density at radius 2 is 1.95 bits per heavy atom. The molecule has 0 fully saturated rings. The molecule has 0 aliphatic carbocycles. The maximum atomic E-state index is 12.3. The second kappa shape index (κ2) is 8.08. The van der Waals surface area contributed by atoms with E-state index < -0.39 is 10.0 Å². The van der Waals surface area contributed by atoms with Gasteiger partial charge in [-0.1, -0.05) is 38.3 Å². The van der Waals surface area contributed by atoms with Crippen LogP contribution in [0.3, 0.4) is 0 Å². The predicted molar refractivity (Wildman–Crippen MR) is 86.0 cm³/mol. The van der Waals surface area contributed by atoms with Crippen molar-refractivity contribution in [3.05, 3.63) is 23.5 Å². The third kappa shape index (κ3) is 4.92. The van der Waals surface area contributed by atoms with Gasteiger partial charge in [0.2, 0.25) is 10.0 Å². The van der Waals surface area contributed by atoms with E-state index in [4.69, 9.17) is 11.6 Å². The zero-order valence-electron chi connectivity index (χ0n) is 13.0. The topological polar surface area (TPSA) is 62.3 Å². The van der Waals surface area contributed by atoms with Gasteiger partial charge in [0.25, 0.3) is 0 Å². The molecule has 1 atom stereocenters. The average Bonchev–Trinajstić information content (AvgIpc) is 2.43. The summed E-state index contributed by atoms with van der Waals surface area (Å²) in [6.45, 7) is 4.60. The van der Waals surface area contributed by atoms with Gasteiger partial charge in [-0.2, -0.15) is 0 Å². The van der Waals surface area contributed by atoms with Gasteiger partial charge in [0.05, 0.1) is 5.02 Å². The fourth-order valence-corrected chi connectivity index (χ4v) is 3.92. The average molecular weight is 334 g/mol. The first kappa shape index (κ1) is 18.4. The lowest BCUT2D eigenvalue weighted by molar-refractivity contribution is 0.201. The first-order chi connectivity index (χ1) is 9.83. The van der Waals surface area contributed by atoms with E-state index in [1.807, 2.05) is 14.1 Å². The molecule has 21 heavy (non-hydrogen) atoms. The summed E-state index contributed by atoms with van der Waals surface area (Å²) in [4.78, 5) is 5.91. The quantitative estimate of drug-likeness (QED) is 0.793. The Morgan fingerprint density at radius 1 is 1.33 bits per heavy atom. The van der Waals surface area contributed by atoms with Gasteiger partial charge in [-0.15, -0.1) is 0 Å². The molecule has 1 heterocycles. The van der Waals surface area contributed by atoms with Gasteiger partial charge in [0, 0.05) is 25.0 Å². The number of hydrogen-bond donors (Lipinski definition) is 1. The zero-order chi connectivity index (χ0) is 16.0. The van der Waals surface area contributed by atoms with Crippen LogP contribution in [-0.4, -0.2) is 45.0 Å². The van der Waals surface area contributed by atoms with Crippen molar-refractivity contribution < 1.29 is 8.42 Å². The van der Waals surface area contributed by atoms with Crippen LogP contribution in [0, 0.1) is 5.92 Å². The Hall–Kier alpha value is -0.690. The first-order valence-corrected chi connectivity index (χ1v) is 8.95. The SMILES string of the molecule is CCC(CC)C(CNS(=O)(=O)c1cnccc1Cl)N(C)C. The number of nitrogens with zero attached hydrogens (tertiary/aromatic N) is 2. The minimum Gasteiger partial charge on any atom is -0.305 e. The first-order valence-electron chi connectivity index (χ1n) is 7.09. The number of halogens is 1. The maximum Gasteiger partial charge on any atom is 0.243 e. The Kier molecular flexibility index (Phi) is 7.06. The van der Waals surface area contributed by atoms with Crippen molar-refractivity contribution in [1.29, 1.82) is 0 Å². The summed E-state index contributed by atoms with van der Waals surface area (Å²) in [5, 5.41) is 0.182. The fourth-order valence-electron chi connectivity index (χ4n) is 2.44. The van der Waals surface area contributed by atoms with E-state index in [1.54, 1.807) is 0 Å². The van der Waals surface area contributed by atoms with Crippen molar-refractivity contribution in [2.24, 2.45) is 5.92 Å². The Bertz CT molecular complexity index is 545. The maximum absolute atomic E-state index is 12.3. The molecular weight excluding hydrogens is 310 g/mol. The molecule has 0 aliphatic heterocycles. The number of nitrogens with one attached hydrogen (secondary N) is 1. The van der Waals surface area contributed by atoms with E-state index in [9.17, 15) is 8.42 Å². The van der Waals surface area contributed by atoms with E-state index in [-0.39, 0.29) is 16.0 Å². The molecule has 1 aromatic heterocycles. The van der Waals surface area contributed by atoms with Gasteiger partial charge in [-0.25, -0.2) is 13.1 Å². The lowest BCUT2D eigenvalue weighted by Gasteiger charge is -2.31. The molecule has 0 saturated heterocycles. The smallest absolute Gasteiger partial charge is 0.243 e. The second-order valence-corrected chi connectivity index (χ2v) is 7.41. The third-order valence-electron chi connectivity index (χ3n) is 3.76. The highest BCUT2D eigenvalue weighted by molar-refractivity contribution is 7.89. The Labute approximate surface area is 132 Å². The summed E-state index contributed by atoms with van der Waals surface area (Å²) in [5.41, 5.74) is 0. The van der Waals surface area contributed by atoms with Crippen molar-refractivity contribution in [2.45, 2.75) is 37.6 Å². The Morgan fingerprint density at radius 3 is 2.43 bits per heavy atom. The number of aromatic nitrogens is 1. The van der Waals surface area contributed by atoms with Crippen molar-refractivity contribution >= 4 is 21.6 Å². The minimum absolute atomic E-state index is 0.0220. The molecule has 0 bridgehead atoms. The molecule has 120 valence electrons. The number of rotatable bonds is 8. The van der Waals surface area contributed by atoms with Crippen LogP contribution < -0.4 is 4.72 Å². The van der Waals surface area contributed by atoms with E-state index in [2.05, 4.69) is 28.5 Å². The highest BCUT2D eigenvalue weighted by Crippen LogP contribution is 2.20. The van der Waals surface area contributed by atoms with Crippen LogP contribution >= 0.6 is 11.6 Å². The molecule has 1 aromatic rings. The summed E-state index contributed by atoms with van der Waals surface area (Å²) >= 11 is 5.93. The summed E-state index contributed by atoms with van der Waals surface area (Å²) in [6, 6.07) is 1.62. The van der Waals surface area contributed by atoms with Gasteiger partial charge in [-0.05, 0) is 26.1 Å². The number of pyridine rings is 1. The standard InChI is InChI=1S/C14H24ClN3O2S/c1-5-11(6-2)13(18(3)4)9-17-21(19,20)14-10-16-8-7-12(14)15/h7-8,10-11,13,17H,5-6,9H2,1-4H3. The van der Waals surface area contributed by atoms with Crippen LogP contribution in [-0.2, 0) is 10.0 Å². The van der Waals surface area contributed by atoms with Gasteiger partial charge in [0.1, 0.15) is 4.90 Å². The summed E-state index contributed by atoms with van der Waals surface area (Å²) in [6.07, 6.45) is 4.75. The molecule has 7 heteroatoms. The van der Waals surface area contributed by atoms with Crippen LogP contribution in [0.15, 0.2) is 23.4 Å². The Balaban J connectivity index is 2.87. The number of likely N-dealkylation sites (N-methyl/N-ethyl adjacent to an activating group) is 1. The molecule has 0 spiro atoms. The largest absolute Gasteiger partial charge is 0.305 e. The summed E-state index contributed by atoms with van der Waals surface area (Å²) in [5.74, 6) is 0.437. The fraction of sp³-hybridized carbons (Fsp3) is 0.643. The lowest BCUT2D eigenvalue weighted by Crippen LogP contribution is -2.44. The predicted octanol–water partition coefficient (Wildman–Crippen LogP) is 2.38. The van der Waals surface area contributed by atoms with Crippen molar-refractivity contribution in [2.75, 3.05) is 20.6 Å². The molecule has 0 amide bonds. The summed E-state index contributed by atoms with van der Waals surface area (Å²) in [7, 11) is 0.293. The molecule has 0 aromatic carbocycles. The molecule has 1 rings (SSSR count). The zero-order valence-corrected chi connectivity index (χ0v) is 14.6. The van der Waals surface area contributed by atoms with Crippen LogP contribution in [0.1, 0.15) is 26.7 Å². The van der Waals surface area contributed by atoms with E-state index in [0.717, 1.165) is 12.8 Å². The van der Waals surface area contributed by atoms with E-state index in [0.29, 0.717) is 12.5 Å². The molecule has 5 nitrogen and oxygen atoms in total. The molecular formula is C14H24ClN3O2S. The summed E-state index contributed by atoms with van der Waals surface area (Å²) < 4.78 is 27.3. The van der Waals surface area contributed by atoms with Crippen molar-refractivity contribution in [3.63, 3.8) is 0 Å². The monoisotopic (exact) mass is 333 g/mol. The van der Waals surface area contributed by atoms with Crippen LogP contribution in [0.4, 0.5) is 0 Å². The number of sulfonamides is 1. The molecule has 0 radical (unpaired) electrons. The van der Waals surface area contributed by atoms with Crippen molar-refractivity contribution in [1.82, 2.24) is 14.6 Å². The lowest BCUT2D eigenvalue weighted by atomic mass is 9.93. The van der Waals surface area contributed by atoms with Crippen LogP contribution in [0.25, 0.3) is 0 Å². The molecule has 0 aliphatic rings. The minimum atomic E-state index is -3.64. The van der Waals surface area contributed by atoms with Gasteiger partial charge >= 0.3 is 0 Å². The molecule has 1 N–H and O–H groups in total.